The number of hydrogen-bond acceptors (Lipinski definition) is 5. The Morgan fingerprint density at radius 2 is 1.23 bits per heavy atom. The van der Waals surface area contributed by atoms with Gasteiger partial charge in [0.15, 0.2) is 0 Å². The lowest BCUT2D eigenvalue weighted by atomic mass is 9.32. The van der Waals surface area contributed by atoms with Gasteiger partial charge in [0.05, 0.1) is 12.2 Å². The van der Waals surface area contributed by atoms with E-state index < -0.39 is 24.4 Å². The molecule has 5 aliphatic carbocycles. The maximum atomic E-state index is 10.8. The molecule has 0 amide bonds. The van der Waals surface area contributed by atoms with Crippen molar-refractivity contribution < 1.29 is 20.4 Å². The van der Waals surface area contributed by atoms with Crippen LogP contribution in [-0.4, -0.2) is 51.4 Å². The van der Waals surface area contributed by atoms with Crippen LogP contribution in [0, 0.1) is 62.6 Å². The molecule has 0 heterocycles. The average molecular weight is 562 g/mol. The van der Waals surface area contributed by atoms with Crippen LogP contribution in [0.4, 0.5) is 0 Å². The summed E-state index contributed by atoms with van der Waals surface area (Å²) >= 11 is 0. The first-order valence-electron chi connectivity index (χ1n) is 17.0. The molecule has 5 aliphatic rings. The number of nitrogens with two attached hydrogens (primary N) is 1. The molecular weight excluding hydrogens is 498 g/mol. The minimum absolute atomic E-state index is 0.138. The monoisotopic (exact) mass is 561 g/mol. The molecule has 5 fully saturated rings. The molecule has 0 aromatic rings. The molecule has 0 radical (unpaired) electrons. The van der Waals surface area contributed by atoms with Crippen LogP contribution in [0.5, 0.6) is 0 Å². The summed E-state index contributed by atoms with van der Waals surface area (Å²) in [5, 5.41) is 41.4. The second-order valence-electron chi connectivity index (χ2n) is 17.4. The molecule has 0 spiro atoms. The predicted octanol–water partition coefficient (Wildman–Crippen LogP) is 5.91. The van der Waals surface area contributed by atoms with E-state index in [9.17, 15) is 20.4 Å². The minimum atomic E-state index is -1.42. The van der Waals surface area contributed by atoms with E-state index in [0.29, 0.717) is 45.3 Å². The van der Waals surface area contributed by atoms with E-state index in [1.54, 1.807) is 0 Å². The minimum Gasteiger partial charge on any atom is -0.390 e. The molecule has 5 nitrogen and oxygen atoms in total. The second kappa shape index (κ2) is 10.5. The van der Waals surface area contributed by atoms with Crippen molar-refractivity contribution in [3.8, 4) is 0 Å². The Bertz CT molecular complexity index is 925. The molecule has 232 valence electrons. The predicted molar refractivity (Wildman–Crippen MR) is 161 cm³/mol. The van der Waals surface area contributed by atoms with Crippen molar-refractivity contribution in [2.75, 3.05) is 6.54 Å². The van der Waals surface area contributed by atoms with Gasteiger partial charge >= 0.3 is 0 Å². The van der Waals surface area contributed by atoms with Crippen LogP contribution >= 0.6 is 0 Å². The van der Waals surface area contributed by atoms with Gasteiger partial charge in [-0.1, -0.05) is 54.9 Å². The molecule has 0 aliphatic heterocycles. The number of aliphatic hydroxyl groups excluding tert-OH is 4. The van der Waals surface area contributed by atoms with Crippen LogP contribution in [-0.2, 0) is 0 Å². The highest BCUT2D eigenvalue weighted by molar-refractivity contribution is 5.19. The van der Waals surface area contributed by atoms with Gasteiger partial charge in [0.2, 0.25) is 0 Å². The Hall–Kier alpha value is -0.200. The summed E-state index contributed by atoms with van der Waals surface area (Å²) in [4.78, 5) is 0. The van der Waals surface area contributed by atoms with Gasteiger partial charge in [-0.05, 0) is 133 Å². The quantitative estimate of drug-likeness (QED) is 0.266. The topological polar surface area (TPSA) is 107 Å². The van der Waals surface area contributed by atoms with E-state index in [-0.39, 0.29) is 12.5 Å². The van der Waals surface area contributed by atoms with Crippen molar-refractivity contribution >= 4 is 0 Å². The van der Waals surface area contributed by atoms with E-state index in [2.05, 4.69) is 48.5 Å². The largest absolute Gasteiger partial charge is 0.390 e. The molecule has 5 rings (SSSR count). The van der Waals surface area contributed by atoms with Gasteiger partial charge in [-0.15, -0.1) is 0 Å². The number of fused-ring (bicyclic) bond motifs is 7. The molecule has 0 bridgehead atoms. The molecule has 5 heteroatoms. The number of aliphatic hydroxyl groups is 4. The van der Waals surface area contributed by atoms with Crippen LogP contribution in [0.2, 0.25) is 0 Å². The maximum absolute atomic E-state index is 10.8. The van der Waals surface area contributed by atoms with Gasteiger partial charge in [0.25, 0.3) is 0 Å². The smallest absolute Gasteiger partial charge is 0.109 e. The zero-order chi connectivity index (χ0) is 29.5. The van der Waals surface area contributed by atoms with Crippen molar-refractivity contribution in [1.82, 2.24) is 0 Å². The highest BCUT2D eigenvalue weighted by atomic mass is 16.4. The molecule has 14 atom stereocenters. The standard InChI is InChI=1S/C35H63NO4/c1-21(19-24(37)29(39)30(40)25(38)20-36)22-11-16-32(4)23(22)12-17-34(6)27(32)9-10-28-33(5)15-8-14-31(2,3)26(33)13-18-35(28,34)7/h21-30,37-40H,8-20,36H2,1-7H3/t21-,22-,23+,24?,25?,26+,27-,28-,29?,30?,32+,33+,34-,35-/m1/s1. The molecule has 4 unspecified atom stereocenters. The normalized spacial score (nSPS) is 50.0. The molecule has 40 heavy (non-hydrogen) atoms. The van der Waals surface area contributed by atoms with Crippen molar-refractivity contribution in [2.24, 2.45) is 68.3 Å². The van der Waals surface area contributed by atoms with Gasteiger partial charge in [0, 0.05) is 6.54 Å². The van der Waals surface area contributed by atoms with Crippen LogP contribution in [0.3, 0.4) is 0 Å². The third-order valence-electron chi connectivity index (χ3n) is 15.5. The van der Waals surface area contributed by atoms with E-state index in [1.165, 1.54) is 70.6 Å². The lowest BCUT2D eigenvalue weighted by Crippen LogP contribution is -2.65. The van der Waals surface area contributed by atoms with Crippen LogP contribution < -0.4 is 5.73 Å². The summed E-state index contributed by atoms with van der Waals surface area (Å²) in [7, 11) is 0. The first kappa shape index (κ1) is 31.2. The fourth-order valence-electron chi connectivity index (χ4n) is 13.3. The zero-order valence-electron chi connectivity index (χ0n) is 26.8. The first-order valence-corrected chi connectivity index (χ1v) is 17.0. The lowest BCUT2D eigenvalue weighted by molar-refractivity contribution is -0.241. The molecule has 5 saturated carbocycles. The molecule has 0 aromatic carbocycles. The Morgan fingerprint density at radius 1 is 0.650 bits per heavy atom. The van der Waals surface area contributed by atoms with E-state index in [0.717, 1.165) is 17.8 Å². The van der Waals surface area contributed by atoms with Gasteiger partial charge in [-0.2, -0.15) is 0 Å². The number of rotatable bonds is 7. The van der Waals surface area contributed by atoms with Crippen LogP contribution in [0.1, 0.15) is 126 Å². The molecule has 0 saturated heterocycles. The molecule has 6 N–H and O–H groups in total. The lowest BCUT2D eigenvalue weighted by Gasteiger charge is -2.73. The summed E-state index contributed by atoms with van der Waals surface area (Å²) < 4.78 is 0. The number of hydrogen-bond donors (Lipinski definition) is 5. The van der Waals surface area contributed by atoms with E-state index in [4.69, 9.17) is 5.73 Å². The third kappa shape index (κ3) is 4.41. The van der Waals surface area contributed by atoms with Gasteiger partial charge < -0.3 is 26.2 Å². The summed E-state index contributed by atoms with van der Waals surface area (Å²) in [5.41, 5.74) is 7.54. The highest BCUT2D eigenvalue weighted by Crippen LogP contribution is 2.78. The van der Waals surface area contributed by atoms with Crippen LogP contribution in [0.25, 0.3) is 0 Å². The van der Waals surface area contributed by atoms with Gasteiger partial charge in [0.1, 0.15) is 12.2 Å². The van der Waals surface area contributed by atoms with Crippen molar-refractivity contribution in [1.29, 1.82) is 0 Å². The fraction of sp³-hybridized carbons (Fsp3) is 1.00. The summed E-state index contributed by atoms with van der Waals surface area (Å²) in [5.74, 6) is 3.90. The highest BCUT2D eigenvalue weighted by Gasteiger charge is 2.70. The summed E-state index contributed by atoms with van der Waals surface area (Å²) in [6.07, 6.45) is 10.2. The maximum Gasteiger partial charge on any atom is 0.109 e. The molecular formula is C35H63NO4. The average Bonchev–Trinajstić information content (AvgIpc) is 3.24. The summed E-state index contributed by atoms with van der Waals surface area (Å²) in [6, 6.07) is 0. The van der Waals surface area contributed by atoms with E-state index >= 15 is 0 Å². The second-order valence-corrected chi connectivity index (χ2v) is 17.4. The Kier molecular flexibility index (Phi) is 8.17. The zero-order valence-corrected chi connectivity index (χ0v) is 26.8. The van der Waals surface area contributed by atoms with Gasteiger partial charge in [-0.3, -0.25) is 0 Å². The molecule has 0 aromatic heterocycles. The van der Waals surface area contributed by atoms with Crippen molar-refractivity contribution in [2.45, 2.75) is 150 Å². The van der Waals surface area contributed by atoms with Gasteiger partial charge in [-0.25, -0.2) is 0 Å². The Morgan fingerprint density at radius 3 is 1.85 bits per heavy atom. The Labute approximate surface area is 245 Å². The van der Waals surface area contributed by atoms with Crippen molar-refractivity contribution in [3.05, 3.63) is 0 Å². The summed E-state index contributed by atoms with van der Waals surface area (Å²) in [6.45, 7) is 18.0. The van der Waals surface area contributed by atoms with Crippen molar-refractivity contribution in [3.63, 3.8) is 0 Å². The fourth-order valence-corrected chi connectivity index (χ4v) is 13.3. The SMILES string of the molecule is C[C@H](CC(O)C(O)C(O)C(O)CN)[C@H]1CC[C@]2(C)[C@H]3CC[C@@H]4[C@@]5(C)CCCC(C)(C)[C@@H]5CC[C@@]4(C)[C@]3(C)CC[C@@H]12. The van der Waals surface area contributed by atoms with Crippen LogP contribution in [0.15, 0.2) is 0 Å². The first-order chi connectivity index (χ1) is 18.6. The Balaban J connectivity index is 1.34. The third-order valence-corrected chi connectivity index (χ3v) is 15.5. The van der Waals surface area contributed by atoms with E-state index in [1.807, 2.05) is 0 Å².